The van der Waals surface area contributed by atoms with Gasteiger partial charge in [0, 0.05) is 12.4 Å². The van der Waals surface area contributed by atoms with E-state index in [0.29, 0.717) is 18.3 Å². The Kier molecular flexibility index (Phi) is 6.45. The van der Waals surface area contributed by atoms with Crippen molar-refractivity contribution in [3.63, 3.8) is 0 Å². The molecule has 1 rings (SSSR count). The van der Waals surface area contributed by atoms with Gasteiger partial charge in [0.2, 0.25) is 0 Å². The predicted octanol–water partition coefficient (Wildman–Crippen LogP) is 3.71. The summed E-state index contributed by atoms with van der Waals surface area (Å²) in [6, 6.07) is 3.12. The normalized spacial score (nSPS) is 12.4. The molecule has 3 nitrogen and oxygen atoms in total. The standard InChI is InChI=1S/C12H17Cl2NO2/c1-2-3-9(6-7-13)8-15-12(16)10-4-5-11(14)17-10/h4-5,9H,2-3,6-8H2,1H3,(H,15,16). The first kappa shape index (κ1) is 14.4. The molecule has 1 atom stereocenters. The lowest BCUT2D eigenvalue weighted by Gasteiger charge is -2.14. The molecule has 1 amide bonds. The smallest absolute Gasteiger partial charge is 0.287 e. The highest BCUT2D eigenvalue weighted by Gasteiger charge is 2.13. The first-order valence-electron chi connectivity index (χ1n) is 5.76. The minimum absolute atomic E-state index is 0.223. The lowest BCUT2D eigenvalue weighted by molar-refractivity contribution is 0.0918. The number of carbonyl (C=O) groups is 1. The summed E-state index contributed by atoms with van der Waals surface area (Å²) >= 11 is 11.3. The van der Waals surface area contributed by atoms with Gasteiger partial charge < -0.3 is 9.73 Å². The number of carbonyl (C=O) groups excluding carboxylic acids is 1. The summed E-state index contributed by atoms with van der Waals surface area (Å²) in [5.74, 6) is 1.06. The van der Waals surface area contributed by atoms with E-state index in [2.05, 4.69) is 12.2 Å². The number of hydrogen-bond acceptors (Lipinski definition) is 2. The molecule has 0 aliphatic heterocycles. The van der Waals surface area contributed by atoms with E-state index in [4.69, 9.17) is 27.6 Å². The Morgan fingerprint density at radius 3 is 2.76 bits per heavy atom. The SMILES string of the molecule is CCCC(CCCl)CNC(=O)c1ccc(Cl)o1. The Labute approximate surface area is 111 Å². The molecule has 0 saturated heterocycles. The van der Waals surface area contributed by atoms with Crippen LogP contribution >= 0.6 is 23.2 Å². The quantitative estimate of drug-likeness (QED) is 0.772. The van der Waals surface area contributed by atoms with Crippen molar-refractivity contribution >= 4 is 29.1 Å². The largest absolute Gasteiger partial charge is 0.440 e. The third-order valence-electron chi connectivity index (χ3n) is 2.56. The summed E-state index contributed by atoms with van der Waals surface area (Å²) < 4.78 is 5.02. The van der Waals surface area contributed by atoms with E-state index in [0.717, 1.165) is 19.3 Å². The van der Waals surface area contributed by atoms with Crippen LogP contribution in [0, 0.1) is 5.92 Å². The first-order valence-corrected chi connectivity index (χ1v) is 6.68. The zero-order valence-corrected chi connectivity index (χ0v) is 11.4. The number of amides is 1. The van der Waals surface area contributed by atoms with Crippen LogP contribution in [-0.2, 0) is 0 Å². The van der Waals surface area contributed by atoms with E-state index >= 15 is 0 Å². The van der Waals surface area contributed by atoms with Gasteiger partial charge in [-0.25, -0.2) is 0 Å². The van der Waals surface area contributed by atoms with Crippen molar-refractivity contribution in [3.05, 3.63) is 23.1 Å². The number of rotatable bonds is 7. The highest BCUT2D eigenvalue weighted by molar-refractivity contribution is 6.29. The van der Waals surface area contributed by atoms with Crippen molar-refractivity contribution in [2.75, 3.05) is 12.4 Å². The molecule has 96 valence electrons. The van der Waals surface area contributed by atoms with Crippen LogP contribution in [0.4, 0.5) is 0 Å². The van der Waals surface area contributed by atoms with E-state index in [1.807, 2.05) is 0 Å². The molecule has 0 aromatic carbocycles. The van der Waals surface area contributed by atoms with Crippen molar-refractivity contribution in [2.24, 2.45) is 5.92 Å². The Morgan fingerprint density at radius 1 is 1.47 bits per heavy atom. The number of nitrogens with one attached hydrogen (secondary N) is 1. The second-order valence-electron chi connectivity index (χ2n) is 3.95. The Hall–Kier alpha value is -0.670. The molecule has 1 aromatic heterocycles. The summed E-state index contributed by atoms with van der Waals surface area (Å²) in [6.45, 7) is 2.74. The summed E-state index contributed by atoms with van der Waals surface area (Å²) in [6.07, 6.45) is 3.06. The highest BCUT2D eigenvalue weighted by Crippen LogP contribution is 2.14. The summed E-state index contributed by atoms with van der Waals surface area (Å²) in [5.41, 5.74) is 0. The number of furan rings is 1. The van der Waals surface area contributed by atoms with Gasteiger partial charge in [-0.05, 0) is 42.5 Å². The number of alkyl halides is 1. The van der Waals surface area contributed by atoms with Crippen molar-refractivity contribution in [1.82, 2.24) is 5.32 Å². The maximum absolute atomic E-state index is 11.7. The predicted molar refractivity (Wildman–Crippen MR) is 69.8 cm³/mol. The lowest BCUT2D eigenvalue weighted by Crippen LogP contribution is -2.29. The van der Waals surface area contributed by atoms with Crippen molar-refractivity contribution in [3.8, 4) is 0 Å². The van der Waals surface area contributed by atoms with E-state index < -0.39 is 0 Å². The van der Waals surface area contributed by atoms with E-state index in [9.17, 15) is 4.79 Å². The second-order valence-corrected chi connectivity index (χ2v) is 4.70. The topological polar surface area (TPSA) is 42.2 Å². The third-order valence-corrected chi connectivity index (χ3v) is 2.98. The summed E-state index contributed by atoms with van der Waals surface area (Å²) in [5, 5.41) is 3.06. The van der Waals surface area contributed by atoms with E-state index in [-0.39, 0.29) is 16.9 Å². The van der Waals surface area contributed by atoms with Gasteiger partial charge >= 0.3 is 0 Å². The Balaban J connectivity index is 2.40. The monoisotopic (exact) mass is 277 g/mol. The molecule has 0 radical (unpaired) electrons. The van der Waals surface area contributed by atoms with Crippen LogP contribution in [0.1, 0.15) is 36.7 Å². The molecular formula is C12H17Cl2NO2. The van der Waals surface area contributed by atoms with Gasteiger partial charge in [-0.1, -0.05) is 13.3 Å². The molecule has 0 saturated carbocycles. The highest BCUT2D eigenvalue weighted by atomic mass is 35.5. The third kappa shape index (κ3) is 5.00. The van der Waals surface area contributed by atoms with Gasteiger partial charge in [-0.3, -0.25) is 4.79 Å². The first-order chi connectivity index (χ1) is 8.17. The maximum atomic E-state index is 11.7. The van der Waals surface area contributed by atoms with Crippen molar-refractivity contribution in [1.29, 1.82) is 0 Å². The van der Waals surface area contributed by atoms with Crippen LogP contribution in [0.15, 0.2) is 16.5 Å². The van der Waals surface area contributed by atoms with Crippen molar-refractivity contribution < 1.29 is 9.21 Å². The molecule has 17 heavy (non-hydrogen) atoms. The van der Waals surface area contributed by atoms with E-state index in [1.54, 1.807) is 12.1 Å². The molecule has 0 fully saturated rings. The zero-order valence-electron chi connectivity index (χ0n) is 9.84. The van der Waals surface area contributed by atoms with Crippen LogP contribution < -0.4 is 5.32 Å². The van der Waals surface area contributed by atoms with Gasteiger partial charge in [0.25, 0.3) is 5.91 Å². The van der Waals surface area contributed by atoms with Gasteiger partial charge in [0.05, 0.1) is 0 Å². The molecule has 1 unspecified atom stereocenters. The maximum Gasteiger partial charge on any atom is 0.287 e. The fourth-order valence-corrected chi connectivity index (χ4v) is 2.13. The van der Waals surface area contributed by atoms with Gasteiger partial charge in [0.1, 0.15) is 0 Å². The summed E-state index contributed by atoms with van der Waals surface area (Å²) in [7, 11) is 0. The Morgan fingerprint density at radius 2 is 2.24 bits per heavy atom. The second kappa shape index (κ2) is 7.62. The van der Waals surface area contributed by atoms with Crippen LogP contribution in [0.25, 0.3) is 0 Å². The average molecular weight is 278 g/mol. The van der Waals surface area contributed by atoms with E-state index in [1.165, 1.54) is 0 Å². The molecule has 1 N–H and O–H groups in total. The zero-order chi connectivity index (χ0) is 12.7. The molecule has 1 heterocycles. The molecule has 0 aliphatic rings. The minimum atomic E-state index is -0.229. The van der Waals surface area contributed by atoms with Gasteiger partial charge in [-0.2, -0.15) is 0 Å². The Bertz CT molecular complexity index is 346. The lowest BCUT2D eigenvalue weighted by atomic mass is 10.0. The molecule has 0 bridgehead atoms. The molecule has 0 spiro atoms. The summed E-state index contributed by atoms with van der Waals surface area (Å²) in [4.78, 5) is 11.7. The molecule has 1 aromatic rings. The number of halogens is 2. The molecular weight excluding hydrogens is 261 g/mol. The van der Waals surface area contributed by atoms with Crippen LogP contribution in [0.3, 0.4) is 0 Å². The number of hydrogen-bond donors (Lipinski definition) is 1. The minimum Gasteiger partial charge on any atom is -0.440 e. The molecule has 5 heteroatoms. The van der Waals surface area contributed by atoms with Gasteiger partial charge in [-0.15, -0.1) is 11.6 Å². The van der Waals surface area contributed by atoms with Crippen LogP contribution in [-0.4, -0.2) is 18.3 Å². The molecule has 0 aliphatic carbocycles. The van der Waals surface area contributed by atoms with Gasteiger partial charge in [0.15, 0.2) is 11.0 Å². The van der Waals surface area contributed by atoms with Crippen LogP contribution in [0.2, 0.25) is 5.22 Å². The van der Waals surface area contributed by atoms with Crippen LogP contribution in [0.5, 0.6) is 0 Å². The fraction of sp³-hybridized carbons (Fsp3) is 0.583. The fourth-order valence-electron chi connectivity index (χ4n) is 1.67. The van der Waals surface area contributed by atoms with Crippen molar-refractivity contribution in [2.45, 2.75) is 26.2 Å². The average Bonchev–Trinajstić information content (AvgIpc) is 2.73.